The number of halogens is 4. The van der Waals surface area contributed by atoms with Crippen molar-refractivity contribution in [3.63, 3.8) is 0 Å². The number of alkyl halides is 3. The van der Waals surface area contributed by atoms with Crippen molar-refractivity contribution >= 4 is 0 Å². The second-order valence-electron chi connectivity index (χ2n) is 2.16. The molecule has 0 saturated heterocycles. The van der Waals surface area contributed by atoms with Crippen LogP contribution in [0.15, 0.2) is 12.3 Å². The summed E-state index contributed by atoms with van der Waals surface area (Å²) in [5.41, 5.74) is -0.322. The topological polar surface area (TPSA) is 45.9 Å². The highest BCUT2D eigenvalue weighted by Crippen LogP contribution is 2.24. The molecule has 1 rings (SSSR count). The third-order valence-electron chi connectivity index (χ3n) is 1.16. The molecule has 7 heteroatoms. The molecule has 1 aromatic rings. The van der Waals surface area contributed by atoms with Crippen molar-refractivity contribution < 1.29 is 22.3 Å². The SMILES string of the molecule is N#Cc1cc(F)c(OC(F)(F)F)cn1. The first-order valence-corrected chi connectivity index (χ1v) is 3.24. The van der Waals surface area contributed by atoms with Crippen molar-refractivity contribution in [3.8, 4) is 11.8 Å². The number of aromatic nitrogens is 1. The van der Waals surface area contributed by atoms with E-state index < -0.39 is 17.9 Å². The molecule has 0 atom stereocenters. The van der Waals surface area contributed by atoms with Crippen molar-refractivity contribution in [2.24, 2.45) is 0 Å². The molecule has 1 aromatic heterocycles. The van der Waals surface area contributed by atoms with Crippen molar-refractivity contribution in [2.45, 2.75) is 6.36 Å². The van der Waals surface area contributed by atoms with Gasteiger partial charge in [-0.25, -0.2) is 9.37 Å². The van der Waals surface area contributed by atoms with E-state index in [-0.39, 0.29) is 5.69 Å². The summed E-state index contributed by atoms with van der Waals surface area (Å²) in [6.45, 7) is 0. The van der Waals surface area contributed by atoms with E-state index >= 15 is 0 Å². The van der Waals surface area contributed by atoms with Gasteiger partial charge in [-0.15, -0.1) is 13.2 Å². The van der Waals surface area contributed by atoms with Gasteiger partial charge in [0.2, 0.25) is 0 Å². The molecule has 1 heterocycles. The summed E-state index contributed by atoms with van der Waals surface area (Å²) < 4.78 is 50.9. The minimum Gasteiger partial charge on any atom is -0.401 e. The number of hydrogen-bond donors (Lipinski definition) is 0. The Morgan fingerprint density at radius 2 is 2.07 bits per heavy atom. The second-order valence-corrected chi connectivity index (χ2v) is 2.16. The minimum absolute atomic E-state index is 0.322. The van der Waals surface area contributed by atoms with Crippen molar-refractivity contribution in [1.82, 2.24) is 4.98 Å². The third-order valence-corrected chi connectivity index (χ3v) is 1.16. The van der Waals surface area contributed by atoms with Gasteiger partial charge in [-0.1, -0.05) is 0 Å². The van der Waals surface area contributed by atoms with Gasteiger partial charge in [0.25, 0.3) is 0 Å². The summed E-state index contributed by atoms with van der Waals surface area (Å²) in [6.07, 6.45) is -4.47. The Bertz CT molecular complexity index is 382. The number of nitriles is 1. The molecule has 0 N–H and O–H groups in total. The van der Waals surface area contributed by atoms with Crippen LogP contribution in [-0.4, -0.2) is 11.3 Å². The lowest BCUT2D eigenvalue weighted by atomic mass is 10.3. The summed E-state index contributed by atoms with van der Waals surface area (Å²) in [6, 6.07) is 2.03. The van der Waals surface area contributed by atoms with E-state index in [0.717, 1.165) is 0 Å². The Hall–Kier alpha value is -1.84. The minimum atomic E-state index is -4.98. The van der Waals surface area contributed by atoms with Gasteiger partial charge in [-0.05, 0) is 0 Å². The average molecular weight is 206 g/mol. The van der Waals surface area contributed by atoms with Crippen molar-refractivity contribution in [3.05, 3.63) is 23.8 Å². The third kappa shape index (κ3) is 2.58. The molecule has 0 spiro atoms. The van der Waals surface area contributed by atoms with Crippen LogP contribution in [0.1, 0.15) is 5.69 Å². The van der Waals surface area contributed by atoms with E-state index in [9.17, 15) is 17.6 Å². The molecule has 0 aliphatic carbocycles. The predicted molar refractivity (Wildman–Crippen MR) is 35.6 cm³/mol. The number of rotatable bonds is 1. The van der Waals surface area contributed by atoms with Crippen LogP contribution in [0.3, 0.4) is 0 Å². The highest BCUT2D eigenvalue weighted by atomic mass is 19.4. The van der Waals surface area contributed by atoms with Crippen LogP contribution >= 0.6 is 0 Å². The monoisotopic (exact) mass is 206 g/mol. The molecule has 0 amide bonds. The van der Waals surface area contributed by atoms with Crippen LogP contribution in [0.25, 0.3) is 0 Å². The highest BCUT2D eigenvalue weighted by Gasteiger charge is 2.32. The van der Waals surface area contributed by atoms with Gasteiger partial charge in [0.1, 0.15) is 11.8 Å². The molecule has 0 radical (unpaired) electrons. The van der Waals surface area contributed by atoms with Gasteiger partial charge < -0.3 is 4.74 Å². The van der Waals surface area contributed by atoms with Gasteiger partial charge in [0.15, 0.2) is 11.6 Å². The first-order chi connectivity index (χ1) is 6.42. The fourth-order valence-electron chi connectivity index (χ4n) is 0.679. The Balaban J connectivity index is 2.97. The van der Waals surface area contributed by atoms with Gasteiger partial charge in [0, 0.05) is 6.07 Å². The molecule has 0 bridgehead atoms. The van der Waals surface area contributed by atoms with E-state index in [2.05, 4.69) is 9.72 Å². The van der Waals surface area contributed by atoms with E-state index in [1.165, 1.54) is 6.07 Å². The molecular weight excluding hydrogens is 204 g/mol. The van der Waals surface area contributed by atoms with Gasteiger partial charge in [-0.2, -0.15) is 5.26 Å². The molecule has 14 heavy (non-hydrogen) atoms. The molecule has 0 fully saturated rings. The zero-order chi connectivity index (χ0) is 10.8. The average Bonchev–Trinajstić information content (AvgIpc) is 2.06. The smallest absolute Gasteiger partial charge is 0.401 e. The molecule has 74 valence electrons. The van der Waals surface area contributed by atoms with Gasteiger partial charge in [0.05, 0.1) is 6.20 Å². The second kappa shape index (κ2) is 3.49. The zero-order valence-electron chi connectivity index (χ0n) is 6.47. The molecule has 0 aliphatic rings. The lowest BCUT2D eigenvalue weighted by Gasteiger charge is -2.08. The summed E-state index contributed by atoms with van der Waals surface area (Å²) in [4.78, 5) is 3.22. The van der Waals surface area contributed by atoms with Crippen LogP contribution < -0.4 is 4.74 Å². The first kappa shape index (κ1) is 10.2. The van der Waals surface area contributed by atoms with Crippen LogP contribution in [0.5, 0.6) is 5.75 Å². The van der Waals surface area contributed by atoms with E-state index in [4.69, 9.17) is 5.26 Å². The van der Waals surface area contributed by atoms with Gasteiger partial charge >= 0.3 is 6.36 Å². The quantitative estimate of drug-likeness (QED) is 0.660. The first-order valence-electron chi connectivity index (χ1n) is 3.24. The predicted octanol–water partition coefficient (Wildman–Crippen LogP) is 1.99. The number of nitrogens with zero attached hydrogens (tertiary/aromatic N) is 2. The zero-order valence-corrected chi connectivity index (χ0v) is 6.47. The normalized spacial score (nSPS) is 10.8. The maximum Gasteiger partial charge on any atom is 0.573 e. The molecule has 0 aliphatic heterocycles. The molecule has 3 nitrogen and oxygen atoms in total. The van der Waals surface area contributed by atoms with Crippen molar-refractivity contribution in [1.29, 1.82) is 5.26 Å². The number of ether oxygens (including phenoxy) is 1. The molecule has 0 unspecified atom stereocenters. The largest absolute Gasteiger partial charge is 0.573 e. The van der Waals surface area contributed by atoms with E-state index in [1.807, 2.05) is 0 Å². The molecule has 0 aromatic carbocycles. The maximum absolute atomic E-state index is 12.8. The van der Waals surface area contributed by atoms with Crippen LogP contribution in [0.2, 0.25) is 0 Å². The lowest BCUT2D eigenvalue weighted by molar-refractivity contribution is -0.275. The fraction of sp³-hybridized carbons (Fsp3) is 0.143. The Morgan fingerprint density at radius 3 is 2.50 bits per heavy atom. The Morgan fingerprint density at radius 1 is 1.43 bits per heavy atom. The lowest BCUT2D eigenvalue weighted by Crippen LogP contribution is -2.18. The van der Waals surface area contributed by atoms with E-state index in [1.54, 1.807) is 0 Å². The van der Waals surface area contributed by atoms with E-state index in [0.29, 0.717) is 12.3 Å². The van der Waals surface area contributed by atoms with Gasteiger partial charge in [-0.3, -0.25) is 0 Å². The fourth-order valence-corrected chi connectivity index (χ4v) is 0.679. The Labute approximate surface area is 75.5 Å². The van der Waals surface area contributed by atoms with Crippen LogP contribution in [0, 0.1) is 17.1 Å². The summed E-state index contributed by atoms with van der Waals surface area (Å²) in [7, 11) is 0. The Kier molecular flexibility index (Phi) is 2.56. The molecular formula is C7H2F4N2O. The summed E-state index contributed by atoms with van der Waals surface area (Å²) in [5.74, 6) is -2.34. The number of hydrogen-bond acceptors (Lipinski definition) is 3. The maximum atomic E-state index is 12.8. The highest BCUT2D eigenvalue weighted by molar-refractivity contribution is 5.28. The molecule has 0 saturated carbocycles. The van der Waals surface area contributed by atoms with Crippen molar-refractivity contribution in [2.75, 3.05) is 0 Å². The summed E-state index contributed by atoms with van der Waals surface area (Å²) in [5, 5.41) is 8.24. The van der Waals surface area contributed by atoms with Crippen LogP contribution in [0.4, 0.5) is 17.6 Å². The summed E-state index contributed by atoms with van der Waals surface area (Å²) >= 11 is 0. The number of pyridine rings is 1. The standard InChI is InChI=1S/C7H2F4N2O/c8-5-1-4(2-12)13-3-6(5)14-7(9,10)11/h1,3H. The van der Waals surface area contributed by atoms with Crippen LogP contribution in [-0.2, 0) is 0 Å².